The van der Waals surface area contributed by atoms with Gasteiger partial charge in [0.05, 0.1) is 11.5 Å². The number of nitro groups is 1. The Kier molecular flexibility index (Phi) is 4.17. The highest BCUT2D eigenvalue weighted by Gasteiger charge is 2.18. The van der Waals surface area contributed by atoms with Crippen LogP contribution in [0.1, 0.15) is 16.2 Å². The minimum Gasteiger partial charge on any atom is -0.383 e. The van der Waals surface area contributed by atoms with Crippen molar-refractivity contribution in [1.29, 1.82) is 0 Å². The Morgan fingerprint density at radius 3 is 2.86 bits per heavy atom. The van der Waals surface area contributed by atoms with E-state index in [-0.39, 0.29) is 11.6 Å². The topological polar surface area (TPSA) is 104 Å². The van der Waals surface area contributed by atoms with E-state index in [9.17, 15) is 14.9 Å². The van der Waals surface area contributed by atoms with Crippen LogP contribution >= 0.6 is 0 Å². The van der Waals surface area contributed by atoms with Crippen molar-refractivity contribution in [3.8, 4) is 0 Å². The van der Waals surface area contributed by atoms with Crippen molar-refractivity contribution in [1.82, 2.24) is 14.9 Å². The molecule has 0 aliphatic carbocycles. The zero-order chi connectivity index (χ0) is 15.4. The van der Waals surface area contributed by atoms with Crippen molar-refractivity contribution in [2.24, 2.45) is 0 Å². The largest absolute Gasteiger partial charge is 0.383 e. The molecular weight excluding hydrogens is 274 g/mol. The van der Waals surface area contributed by atoms with Gasteiger partial charge in [0.15, 0.2) is 0 Å². The smallest absolute Gasteiger partial charge is 0.292 e. The van der Waals surface area contributed by atoms with Crippen molar-refractivity contribution in [2.45, 2.75) is 6.54 Å². The average molecular weight is 289 g/mol. The zero-order valence-corrected chi connectivity index (χ0v) is 11.7. The lowest BCUT2D eigenvalue weighted by atomic mass is 10.1. The van der Waals surface area contributed by atoms with E-state index in [1.165, 1.54) is 23.1 Å². The summed E-state index contributed by atoms with van der Waals surface area (Å²) in [4.78, 5) is 31.1. The van der Waals surface area contributed by atoms with Gasteiger partial charge in [-0.15, -0.1) is 0 Å². The summed E-state index contributed by atoms with van der Waals surface area (Å²) < 4.78 is 0. The second kappa shape index (κ2) is 6.04. The van der Waals surface area contributed by atoms with Crippen LogP contribution in [0.3, 0.4) is 0 Å². The number of nitrogens with zero attached hydrogens (tertiary/aromatic N) is 3. The Balaban J connectivity index is 2.20. The third kappa shape index (κ3) is 3.16. The molecule has 2 rings (SSSR count). The van der Waals surface area contributed by atoms with Gasteiger partial charge in [0.1, 0.15) is 11.5 Å². The zero-order valence-electron chi connectivity index (χ0n) is 11.7. The summed E-state index contributed by atoms with van der Waals surface area (Å²) in [6.45, 7) is 0.331. The summed E-state index contributed by atoms with van der Waals surface area (Å²) in [5.41, 5.74) is 0.610. The summed E-state index contributed by atoms with van der Waals surface area (Å²) in [7, 11) is 3.22. The maximum absolute atomic E-state index is 12.3. The molecule has 0 spiro atoms. The van der Waals surface area contributed by atoms with Crippen LogP contribution in [0.2, 0.25) is 0 Å². The van der Waals surface area contributed by atoms with Crippen LogP contribution in [0.4, 0.5) is 11.4 Å². The molecule has 1 amide bonds. The number of anilines is 1. The molecule has 110 valence electrons. The molecule has 1 heterocycles. The molecule has 0 radical (unpaired) electrons. The molecule has 1 aromatic heterocycles. The molecule has 0 saturated carbocycles. The average Bonchev–Trinajstić information content (AvgIpc) is 2.98. The first-order chi connectivity index (χ1) is 10.0. The number of nitro benzene ring substituents is 1. The molecule has 0 fully saturated rings. The molecule has 0 aliphatic rings. The van der Waals surface area contributed by atoms with Crippen LogP contribution in [-0.4, -0.2) is 39.8 Å². The van der Waals surface area contributed by atoms with Gasteiger partial charge in [-0.3, -0.25) is 14.9 Å². The van der Waals surface area contributed by atoms with Crippen LogP contribution in [-0.2, 0) is 6.54 Å². The third-order valence-corrected chi connectivity index (χ3v) is 3.00. The molecule has 0 aliphatic heterocycles. The third-order valence-electron chi connectivity index (χ3n) is 3.00. The second-order valence-electron chi connectivity index (χ2n) is 4.44. The fourth-order valence-electron chi connectivity index (χ4n) is 1.93. The maximum Gasteiger partial charge on any atom is 0.292 e. The van der Waals surface area contributed by atoms with Crippen LogP contribution in [0.25, 0.3) is 0 Å². The highest BCUT2D eigenvalue weighted by atomic mass is 16.6. The number of nitrogens with one attached hydrogen (secondary N) is 2. The number of benzene rings is 1. The summed E-state index contributed by atoms with van der Waals surface area (Å²) in [5, 5.41) is 13.6. The standard InChI is InChI=1S/C13H15N5O3/c1-14-10-7-9(3-4-11(10)18(20)21)13(19)17(2)8-12-15-5-6-16-12/h3-7,14H,8H2,1-2H3,(H,15,16). The van der Waals surface area contributed by atoms with Crippen molar-refractivity contribution >= 4 is 17.3 Å². The van der Waals surface area contributed by atoms with Gasteiger partial charge in [-0.1, -0.05) is 0 Å². The lowest BCUT2D eigenvalue weighted by molar-refractivity contribution is -0.383. The van der Waals surface area contributed by atoms with Crippen LogP contribution in [0, 0.1) is 10.1 Å². The lowest BCUT2D eigenvalue weighted by Gasteiger charge is -2.16. The number of aromatic nitrogens is 2. The fourth-order valence-corrected chi connectivity index (χ4v) is 1.93. The second-order valence-corrected chi connectivity index (χ2v) is 4.44. The van der Waals surface area contributed by atoms with Gasteiger partial charge in [0.2, 0.25) is 0 Å². The predicted octanol–water partition coefficient (Wildman–Crippen LogP) is 1.63. The van der Waals surface area contributed by atoms with Crippen LogP contribution in [0.5, 0.6) is 0 Å². The number of hydrogen-bond donors (Lipinski definition) is 2. The van der Waals surface area contributed by atoms with E-state index in [1.807, 2.05) is 0 Å². The summed E-state index contributed by atoms with van der Waals surface area (Å²) in [6, 6.07) is 4.23. The molecule has 1 aromatic carbocycles. The Hall–Kier alpha value is -2.90. The normalized spacial score (nSPS) is 10.2. The van der Waals surface area contributed by atoms with Gasteiger partial charge in [0, 0.05) is 38.1 Å². The maximum atomic E-state index is 12.3. The number of hydrogen-bond acceptors (Lipinski definition) is 5. The number of carbonyl (C=O) groups excluding carboxylic acids is 1. The Morgan fingerprint density at radius 2 is 2.29 bits per heavy atom. The van der Waals surface area contributed by atoms with Gasteiger partial charge in [-0.2, -0.15) is 0 Å². The van der Waals surface area contributed by atoms with E-state index in [0.717, 1.165) is 0 Å². The van der Waals surface area contributed by atoms with E-state index in [1.54, 1.807) is 26.5 Å². The molecule has 2 N–H and O–H groups in total. The molecule has 2 aromatic rings. The van der Waals surface area contributed by atoms with E-state index < -0.39 is 4.92 Å². The van der Waals surface area contributed by atoms with E-state index in [4.69, 9.17) is 0 Å². The predicted molar refractivity (Wildman–Crippen MR) is 77.0 cm³/mol. The van der Waals surface area contributed by atoms with E-state index in [0.29, 0.717) is 23.6 Å². The summed E-state index contributed by atoms with van der Waals surface area (Å²) in [5.74, 6) is 0.430. The van der Waals surface area contributed by atoms with Crippen LogP contribution < -0.4 is 5.32 Å². The lowest BCUT2D eigenvalue weighted by Crippen LogP contribution is -2.26. The first-order valence-electron chi connectivity index (χ1n) is 6.23. The van der Waals surface area contributed by atoms with Crippen LogP contribution in [0.15, 0.2) is 30.6 Å². The number of aromatic amines is 1. The quantitative estimate of drug-likeness (QED) is 0.643. The minimum absolute atomic E-state index is 0.0669. The number of rotatable bonds is 5. The Labute approximate surface area is 121 Å². The fraction of sp³-hybridized carbons (Fsp3) is 0.231. The van der Waals surface area contributed by atoms with Gasteiger partial charge >= 0.3 is 0 Å². The molecule has 0 unspecified atom stereocenters. The SMILES string of the molecule is CNc1cc(C(=O)N(C)Cc2ncc[nH]2)ccc1[N+](=O)[O-]. The van der Waals surface area contributed by atoms with Crippen molar-refractivity contribution in [3.05, 3.63) is 52.1 Å². The minimum atomic E-state index is -0.493. The summed E-state index contributed by atoms with van der Waals surface area (Å²) >= 11 is 0. The molecule has 0 atom stereocenters. The van der Waals surface area contributed by atoms with Crippen molar-refractivity contribution < 1.29 is 9.72 Å². The number of carbonyl (C=O) groups is 1. The van der Waals surface area contributed by atoms with Gasteiger partial charge in [-0.25, -0.2) is 4.98 Å². The molecule has 8 heteroatoms. The number of imidazole rings is 1. The summed E-state index contributed by atoms with van der Waals surface area (Å²) in [6.07, 6.45) is 3.29. The number of H-pyrrole nitrogens is 1. The molecule has 21 heavy (non-hydrogen) atoms. The highest BCUT2D eigenvalue weighted by Crippen LogP contribution is 2.25. The highest BCUT2D eigenvalue weighted by molar-refractivity contribution is 5.95. The van der Waals surface area contributed by atoms with Crippen molar-refractivity contribution in [2.75, 3.05) is 19.4 Å². The Morgan fingerprint density at radius 1 is 1.52 bits per heavy atom. The molecule has 0 saturated heterocycles. The molecule has 0 bridgehead atoms. The van der Waals surface area contributed by atoms with Gasteiger partial charge in [0.25, 0.3) is 11.6 Å². The van der Waals surface area contributed by atoms with Gasteiger partial charge < -0.3 is 15.2 Å². The van der Waals surface area contributed by atoms with Gasteiger partial charge in [-0.05, 0) is 12.1 Å². The van der Waals surface area contributed by atoms with E-state index in [2.05, 4.69) is 15.3 Å². The molecule has 8 nitrogen and oxygen atoms in total. The molecular formula is C13H15N5O3. The van der Waals surface area contributed by atoms with Crippen molar-refractivity contribution in [3.63, 3.8) is 0 Å². The Bertz CT molecular complexity index is 654. The van der Waals surface area contributed by atoms with E-state index >= 15 is 0 Å². The first-order valence-corrected chi connectivity index (χ1v) is 6.23. The monoisotopic (exact) mass is 289 g/mol. The number of amides is 1. The first kappa shape index (κ1) is 14.5.